The van der Waals surface area contributed by atoms with Gasteiger partial charge in [-0.3, -0.25) is 0 Å². The fourth-order valence-corrected chi connectivity index (χ4v) is 4.69. The Labute approximate surface area is 253 Å². The Kier molecular flexibility index (Phi) is 40.5. The third-order valence-electron chi connectivity index (χ3n) is 7.08. The van der Waals surface area contributed by atoms with Gasteiger partial charge in [0.2, 0.25) is 0 Å². The lowest BCUT2D eigenvalue weighted by atomic mass is 9.79. The molecule has 0 saturated carbocycles. The minimum absolute atomic E-state index is 0. The van der Waals surface area contributed by atoms with E-state index in [0.717, 1.165) is 30.4 Å². The minimum atomic E-state index is 0. The van der Waals surface area contributed by atoms with Crippen molar-refractivity contribution < 1.29 is 4.74 Å². The highest BCUT2D eigenvalue weighted by Gasteiger charge is 2.39. The van der Waals surface area contributed by atoms with Gasteiger partial charge in [0, 0.05) is 33.6 Å². The molecule has 3 aliphatic heterocycles. The molecule has 0 aliphatic carbocycles. The van der Waals surface area contributed by atoms with Gasteiger partial charge in [0.25, 0.3) is 0 Å². The topological polar surface area (TPSA) is 15.7 Å². The molecule has 3 rings (SSSR count). The highest BCUT2D eigenvalue weighted by Crippen LogP contribution is 2.38. The van der Waals surface area contributed by atoms with E-state index < -0.39 is 0 Å². The first-order valence-corrected chi connectivity index (χ1v) is 17.2. The van der Waals surface area contributed by atoms with Crippen LogP contribution in [0.1, 0.15) is 163 Å². The van der Waals surface area contributed by atoms with E-state index in [9.17, 15) is 0 Å². The van der Waals surface area contributed by atoms with Crippen molar-refractivity contribution in [3.05, 3.63) is 0 Å². The summed E-state index contributed by atoms with van der Waals surface area (Å²) in [6, 6.07) is 1.46. The predicted octanol–water partition coefficient (Wildman–Crippen LogP) is 10.6. The SMILES string of the molecule is CC.CC.CC.CC.CC(C)C.CC(C)C1CCC2(CCN(C(C)C)CC2)OC1.CC(C)N1CCCCC1.[B]. The summed E-state index contributed by atoms with van der Waals surface area (Å²) in [5.74, 6) is 2.41. The number of likely N-dealkylation sites (tertiary alicyclic amines) is 2. The van der Waals surface area contributed by atoms with Crippen LogP contribution in [-0.4, -0.2) is 68.7 Å². The number of hydrogen-bond acceptors (Lipinski definition) is 3. The van der Waals surface area contributed by atoms with Crippen molar-refractivity contribution in [2.24, 2.45) is 17.8 Å². The maximum Gasteiger partial charge on any atom is 0.0707 e. The van der Waals surface area contributed by atoms with Crippen molar-refractivity contribution in [1.82, 2.24) is 9.80 Å². The fraction of sp³-hybridized carbons (Fsp3) is 1.00. The van der Waals surface area contributed by atoms with Crippen LogP contribution >= 0.6 is 0 Å². The normalized spacial score (nSPS) is 20.1. The molecule has 0 N–H and O–H groups in total. The Morgan fingerprint density at radius 2 is 0.923 bits per heavy atom. The van der Waals surface area contributed by atoms with Crippen LogP contribution in [0.15, 0.2) is 0 Å². The van der Waals surface area contributed by atoms with Crippen LogP contribution in [0.5, 0.6) is 0 Å². The zero-order valence-corrected chi connectivity index (χ0v) is 30.8. The number of ether oxygens (including phenoxy) is 1. The molecule has 0 bridgehead atoms. The van der Waals surface area contributed by atoms with Crippen LogP contribution < -0.4 is 0 Å². The highest BCUT2D eigenvalue weighted by atomic mass is 16.5. The van der Waals surface area contributed by atoms with Crippen molar-refractivity contribution in [1.29, 1.82) is 0 Å². The minimum Gasteiger partial charge on any atom is -0.375 e. The van der Waals surface area contributed by atoms with E-state index in [1.54, 1.807) is 0 Å². The lowest BCUT2D eigenvalue weighted by molar-refractivity contribution is -0.137. The summed E-state index contributed by atoms with van der Waals surface area (Å²) in [7, 11) is 0. The Morgan fingerprint density at radius 3 is 1.18 bits per heavy atom. The molecule has 1 atom stereocenters. The van der Waals surface area contributed by atoms with Crippen LogP contribution in [0.25, 0.3) is 0 Å². The Bertz CT molecular complexity index is 386. The van der Waals surface area contributed by atoms with Gasteiger partial charge in [-0.25, -0.2) is 0 Å². The second kappa shape index (κ2) is 32.5. The van der Waals surface area contributed by atoms with Gasteiger partial charge in [-0.1, -0.05) is 96.4 Å². The first kappa shape index (κ1) is 48.7. The average Bonchev–Trinajstić information content (AvgIpc) is 2.94. The van der Waals surface area contributed by atoms with Gasteiger partial charge in [0.15, 0.2) is 0 Å². The van der Waals surface area contributed by atoms with Crippen LogP contribution in [0.2, 0.25) is 0 Å². The Morgan fingerprint density at radius 1 is 0.564 bits per heavy atom. The molecule has 3 heterocycles. The summed E-state index contributed by atoms with van der Waals surface area (Å²) in [5, 5.41) is 0. The van der Waals surface area contributed by atoms with E-state index >= 15 is 0 Å². The van der Waals surface area contributed by atoms with Crippen molar-refractivity contribution >= 4 is 8.41 Å². The molecule has 0 aromatic rings. The molecule has 4 heteroatoms. The standard InChI is InChI=1S/C15H29NO.C8H17N.C4H10.4C2H6.B/c1-12(2)14-5-6-15(17-11-14)7-9-16(10-8-15)13(3)4;1-8(2)9-6-4-3-5-7-9;1-4(2)3;4*1-2;/h12-14H,5-11H2,1-4H3;8H,3-7H2,1-2H3;4H,1-3H3;4*1-2H3;. The maximum absolute atomic E-state index is 6.28. The van der Waals surface area contributed by atoms with Gasteiger partial charge in [0.1, 0.15) is 0 Å². The van der Waals surface area contributed by atoms with Gasteiger partial charge in [0.05, 0.1) is 12.2 Å². The number of piperidine rings is 2. The lowest BCUT2D eigenvalue weighted by Gasteiger charge is -2.47. The van der Waals surface area contributed by atoms with Crippen LogP contribution in [0.4, 0.5) is 0 Å². The Hall–Kier alpha value is -0.0551. The van der Waals surface area contributed by atoms with Gasteiger partial charge in [-0.2, -0.15) is 0 Å². The van der Waals surface area contributed by atoms with Gasteiger partial charge in [-0.05, 0) is 97.1 Å². The van der Waals surface area contributed by atoms with Crippen LogP contribution in [0.3, 0.4) is 0 Å². The van der Waals surface area contributed by atoms with Gasteiger partial charge in [-0.15, -0.1) is 0 Å². The lowest BCUT2D eigenvalue weighted by Crippen LogP contribution is -2.50. The molecule has 239 valence electrons. The summed E-state index contributed by atoms with van der Waals surface area (Å²) in [6.45, 7) is 42.4. The first-order chi connectivity index (χ1) is 18.1. The predicted molar refractivity (Wildman–Crippen MR) is 184 cm³/mol. The largest absolute Gasteiger partial charge is 0.375 e. The van der Waals surface area contributed by atoms with E-state index in [0.29, 0.717) is 6.04 Å². The van der Waals surface area contributed by atoms with Crippen molar-refractivity contribution in [2.75, 3.05) is 32.8 Å². The fourth-order valence-electron chi connectivity index (χ4n) is 4.69. The number of hydrogen-bond donors (Lipinski definition) is 0. The van der Waals surface area contributed by atoms with E-state index in [4.69, 9.17) is 4.74 Å². The zero-order chi connectivity index (χ0) is 30.7. The summed E-state index contributed by atoms with van der Waals surface area (Å²) < 4.78 is 6.28. The van der Waals surface area contributed by atoms with Crippen LogP contribution in [-0.2, 0) is 4.74 Å². The summed E-state index contributed by atoms with van der Waals surface area (Å²) in [4.78, 5) is 5.15. The van der Waals surface area contributed by atoms with Gasteiger partial charge >= 0.3 is 0 Å². The molecule has 3 saturated heterocycles. The molecule has 0 aromatic heterocycles. The molecule has 1 spiro atoms. The third-order valence-corrected chi connectivity index (χ3v) is 7.08. The van der Waals surface area contributed by atoms with E-state index in [-0.39, 0.29) is 14.0 Å². The monoisotopic (exact) mass is 556 g/mol. The summed E-state index contributed by atoms with van der Waals surface area (Å²) in [5.41, 5.74) is 0.247. The maximum atomic E-state index is 6.28. The molecule has 3 radical (unpaired) electrons. The number of rotatable bonds is 3. The molecule has 3 nitrogen and oxygen atoms in total. The molecular weight excluding hydrogens is 475 g/mol. The third kappa shape index (κ3) is 25.4. The zero-order valence-electron chi connectivity index (χ0n) is 30.8. The number of nitrogens with zero attached hydrogens (tertiary/aromatic N) is 2. The molecule has 39 heavy (non-hydrogen) atoms. The molecular formula is C35H80BN2O. The molecule has 1 unspecified atom stereocenters. The molecule has 3 fully saturated rings. The quantitative estimate of drug-likeness (QED) is 0.322. The molecule has 0 amide bonds. The van der Waals surface area contributed by atoms with Crippen molar-refractivity contribution in [3.63, 3.8) is 0 Å². The van der Waals surface area contributed by atoms with Crippen molar-refractivity contribution in [2.45, 2.75) is 180 Å². The first-order valence-electron chi connectivity index (χ1n) is 17.2. The smallest absolute Gasteiger partial charge is 0.0707 e. The van der Waals surface area contributed by atoms with Crippen LogP contribution in [0, 0.1) is 17.8 Å². The molecule has 3 aliphatic rings. The van der Waals surface area contributed by atoms with Crippen molar-refractivity contribution in [3.8, 4) is 0 Å². The van der Waals surface area contributed by atoms with Gasteiger partial charge < -0.3 is 14.5 Å². The Balaban J connectivity index is -0.000000149. The second-order valence-electron chi connectivity index (χ2n) is 11.6. The van der Waals surface area contributed by atoms with E-state index in [2.05, 4.69) is 72.1 Å². The highest BCUT2D eigenvalue weighted by molar-refractivity contribution is 5.75. The van der Waals surface area contributed by atoms with E-state index in [1.807, 2.05) is 55.4 Å². The second-order valence-corrected chi connectivity index (χ2v) is 11.6. The average molecular weight is 556 g/mol. The summed E-state index contributed by atoms with van der Waals surface area (Å²) in [6.07, 6.45) is 9.44. The molecule has 0 aromatic carbocycles. The summed E-state index contributed by atoms with van der Waals surface area (Å²) >= 11 is 0. The van der Waals surface area contributed by atoms with E-state index in [1.165, 1.54) is 71.1 Å².